The number of rotatable bonds is 1. The van der Waals surface area contributed by atoms with Gasteiger partial charge in [0.2, 0.25) is 0 Å². The summed E-state index contributed by atoms with van der Waals surface area (Å²) in [7, 11) is 0. The molecule has 0 spiro atoms. The van der Waals surface area contributed by atoms with Gasteiger partial charge >= 0.3 is 0 Å². The molecule has 0 atom stereocenters. The number of benzene rings is 1. The first-order valence-electron chi connectivity index (χ1n) is 4.25. The molecule has 0 heterocycles. The molecule has 0 unspecified atom stereocenters. The van der Waals surface area contributed by atoms with Gasteiger partial charge in [-0.05, 0) is 43.0 Å². The maximum Gasteiger partial charge on any atom is 0.0274 e. The highest BCUT2D eigenvalue weighted by atomic mass is 14.0. The largest absolute Gasteiger partial charge is 0.115 e. The molecule has 1 aromatic carbocycles. The van der Waals surface area contributed by atoms with Crippen molar-refractivity contribution in [2.24, 2.45) is 0 Å². The molecule has 13 heavy (non-hydrogen) atoms. The van der Waals surface area contributed by atoms with Crippen molar-refractivity contribution in [2.45, 2.75) is 34.6 Å². The lowest BCUT2D eigenvalue weighted by Crippen LogP contribution is -1.91. The fourth-order valence-electron chi connectivity index (χ4n) is 1.43. The molecule has 70 valence electrons. The van der Waals surface area contributed by atoms with Gasteiger partial charge in [-0.15, -0.1) is 6.42 Å². The highest BCUT2D eigenvalue weighted by Gasteiger charge is 2.00. The van der Waals surface area contributed by atoms with Crippen molar-refractivity contribution < 1.29 is 0 Å². The third-order valence-corrected chi connectivity index (χ3v) is 2.22. The molecule has 0 saturated carbocycles. The fourth-order valence-corrected chi connectivity index (χ4v) is 1.43. The molecule has 0 aromatic heterocycles. The van der Waals surface area contributed by atoms with E-state index in [2.05, 4.69) is 38.8 Å². The van der Waals surface area contributed by atoms with Crippen molar-refractivity contribution in [3.05, 3.63) is 34.4 Å². The SMILES string of the molecule is C.C#Cc1cc(CC)c(C)cc1C. The fraction of sp³-hybridized carbons (Fsp3) is 0.385. The van der Waals surface area contributed by atoms with Gasteiger partial charge in [0.15, 0.2) is 0 Å². The van der Waals surface area contributed by atoms with Crippen molar-refractivity contribution in [1.29, 1.82) is 0 Å². The molecule has 0 radical (unpaired) electrons. The van der Waals surface area contributed by atoms with E-state index in [9.17, 15) is 0 Å². The van der Waals surface area contributed by atoms with Gasteiger partial charge in [0.05, 0.1) is 0 Å². The second kappa shape index (κ2) is 4.72. The standard InChI is InChI=1S/C12H14.CH4/c1-5-11-8-12(6-2)10(4)7-9(11)3;/h1,7-8H,6H2,2-4H3;1H4. The Labute approximate surface area is 82.0 Å². The minimum Gasteiger partial charge on any atom is -0.115 e. The molecule has 0 fully saturated rings. The summed E-state index contributed by atoms with van der Waals surface area (Å²) in [5, 5.41) is 0. The Kier molecular flexibility index (Phi) is 4.28. The monoisotopic (exact) mass is 174 g/mol. The molecule has 0 nitrogen and oxygen atoms in total. The number of terminal acetylenes is 1. The van der Waals surface area contributed by atoms with Gasteiger partial charge in [-0.2, -0.15) is 0 Å². The van der Waals surface area contributed by atoms with E-state index < -0.39 is 0 Å². The summed E-state index contributed by atoms with van der Waals surface area (Å²) in [5.74, 6) is 2.70. The van der Waals surface area contributed by atoms with E-state index in [1.807, 2.05) is 0 Å². The van der Waals surface area contributed by atoms with Gasteiger partial charge in [-0.3, -0.25) is 0 Å². The van der Waals surface area contributed by atoms with Gasteiger partial charge in [-0.1, -0.05) is 26.3 Å². The van der Waals surface area contributed by atoms with E-state index >= 15 is 0 Å². The molecule has 0 amide bonds. The second-order valence-electron chi connectivity index (χ2n) is 3.09. The first-order valence-corrected chi connectivity index (χ1v) is 4.25. The Balaban J connectivity index is 0.00000144. The zero-order valence-corrected chi connectivity index (χ0v) is 7.94. The molecule has 1 aromatic rings. The van der Waals surface area contributed by atoms with Gasteiger partial charge in [0, 0.05) is 5.56 Å². The van der Waals surface area contributed by atoms with E-state index in [-0.39, 0.29) is 7.43 Å². The van der Waals surface area contributed by atoms with Crippen molar-refractivity contribution in [3.63, 3.8) is 0 Å². The lowest BCUT2D eigenvalue weighted by Gasteiger charge is -2.06. The zero-order chi connectivity index (χ0) is 9.14. The van der Waals surface area contributed by atoms with Gasteiger partial charge < -0.3 is 0 Å². The predicted molar refractivity (Wildman–Crippen MR) is 60.0 cm³/mol. The van der Waals surface area contributed by atoms with E-state index in [0.29, 0.717) is 0 Å². The van der Waals surface area contributed by atoms with Crippen molar-refractivity contribution >= 4 is 0 Å². The molecule has 0 aliphatic heterocycles. The molecule has 0 heteroatoms. The first-order chi connectivity index (χ1) is 5.69. The topological polar surface area (TPSA) is 0 Å². The molecule has 0 N–H and O–H groups in total. The maximum atomic E-state index is 5.37. The Bertz CT molecular complexity index is 327. The van der Waals surface area contributed by atoms with E-state index in [1.165, 1.54) is 16.7 Å². The van der Waals surface area contributed by atoms with Crippen molar-refractivity contribution in [3.8, 4) is 12.3 Å². The Morgan fingerprint density at radius 2 is 1.85 bits per heavy atom. The molecule has 0 aliphatic rings. The minimum atomic E-state index is 0. The van der Waals surface area contributed by atoms with Crippen molar-refractivity contribution in [1.82, 2.24) is 0 Å². The van der Waals surface area contributed by atoms with Crippen LogP contribution in [-0.4, -0.2) is 0 Å². The summed E-state index contributed by atoms with van der Waals surface area (Å²) in [6, 6.07) is 4.28. The van der Waals surface area contributed by atoms with Gasteiger partial charge in [-0.25, -0.2) is 0 Å². The number of hydrogen-bond acceptors (Lipinski definition) is 0. The highest BCUT2D eigenvalue weighted by Crippen LogP contribution is 2.15. The number of aryl methyl sites for hydroxylation is 3. The van der Waals surface area contributed by atoms with Crippen LogP contribution >= 0.6 is 0 Å². The van der Waals surface area contributed by atoms with Crippen LogP contribution in [-0.2, 0) is 6.42 Å². The molecule has 0 bridgehead atoms. The molecule has 0 saturated heterocycles. The third kappa shape index (κ3) is 2.36. The minimum absolute atomic E-state index is 0. The average molecular weight is 174 g/mol. The van der Waals surface area contributed by atoms with Crippen molar-refractivity contribution in [2.75, 3.05) is 0 Å². The lowest BCUT2D eigenvalue weighted by molar-refractivity contribution is 1.10. The molecular formula is C13H18. The molecular weight excluding hydrogens is 156 g/mol. The Hall–Kier alpha value is -1.22. The maximum absolute atomic E-state index is 5.37. The van der Waals surface area contributed by atoms with Crippen LogP contribution in [0.5, 0.6) is 0 Å². The van der Waals surface area contributed by atoms with Crippen LogP contribution in [0.4, 0.5) is 0 Å². The lowest BCUT2D eigenvalue weighted by atomic mass is 9.99. The van der Waals surface area contributed by atoms with Crippen LogP contribution in [0.2, 0.25) is 0 Å². The Morgan fingerprint density at radius 1 is 1.23 bits per heavy atom. The van der Waals surface area contributed by atoms with Crippen LogP contribution in [0.1, 0.15) is 36.6 Å². The summed E-state index contributed by atoms with van der Waals surface area (Å²) in [6.07, 6.45) is 6.43. The zero-order valence-electron chi connectivity index (χ0n) is 7.94. The third-order valence-electron chi connectivity index (χ3n) is 2.22. The van der Waals surface area contributed by atoms with Crippen LogP contribution < -0.4 is 0 Å². The van der Waals surface area contributed by atoms with Crippen LogP contribution in [0.25, 0.3) is 0 Å². The number of hydrogen-bond donors (Lipinski definition) is 0. The molecule has 0 aliphatic carbocycles. The summed E-state index contributed by atoms with van der Waals surface area (Å²) in [6.45, 7) is 6.34. The van der Waals surface area contributed by atoms with E-state index in [4.69, 9.17) is 6.42 Å². The summed E-state index contributed by atoms with van der Waals surface area (Å²) in [4.78, 5) is 0. The van der Waals surface area contributed by atoms with Crippen LogP contribution in [0.15, 0.2) is 12.1 Å². The van der Waals surface area contributed by atoms with E-state index in [0.717, 1.165) is 12.0 Å². The summed E-state index contributed by atoms with van der Waals surface area (Å²) in [5.41, 5.74) is 4.92. The smallest absolute Gasteiger partial charge is 0.0274 e. The van der Waals surface area contributed by atoms with Gasteiger partial charge in [0.1, 0.15) is 0 Å². The van der Waals surface area contributed by atoms with Crippen LogP contribution in [0.3, 0.4) is 0 Å². The Morgan fingerprint density at radius 3 is 2.31 bits per heavy atom. The summed E-state index contributed by atoms with van der Waals surface area (Å²) >= 11 is 0. The normalized spacial score (nSPS) is 8.77. The quantitative estimate of drug-likeness (QED) is 0.572. The van der Waals surface area contributed by atoms with E-state index in [1.54, 1.807) is 0 Å². The first kappa shape index (κ1) is 11.8. The highest BCUT2D eigenvalue weighted by molar-refractivity contribution is 5.45. The van der Waals surface area contributed by atoms with Crippen LogP contribution in [0, 0.1) is 26.2 Å². The second-order valence-corrected chi connectivity index (χ2v) is 3.09. The summed E-state index contributed by atoms with van der Waals surface area (Å²) < 4.78 is 0. The molecule has 1 rings (SSSR count). The predicted octanol–water partition coefficient (Wildman–Crippen LogP) is 3.48. The van der Waals surface area contributed by atoms with Gasteiger partial charge in [0.25, 0.3) is 0 Å². The average Bonchev–Trinajstić information content (AvgIpc) is 2.05.